The minimum Gasteiger partial charge on any atom is -0.366 e. The molecule has 0 aromatic carbocycles. The van der Waals surface area contributed by atoms with Crippen LogP contribution in [0.4, 0.5) is 5.82 Å². The Morgan fingerprint density at radius 3 is 2.39 bits per heavy atom. The lowest BCUT2D eigenvalue weighted by atomic mass is 9.84. The highest BCUT2D eigenvalue weighted by atomic mass is 32.2. The van der Waals surface area contributed by atoms with Crippen molar-refractivity contribution in [1.82, 2.24) is 14.2 Å². The van der Waals surface area contributed by atoms with Crippen LogP contribution in [0.3, 0.4) is 0 Å². The molecule has 1 atom stereocenters. The van der Waals surface area contributed by atoms with Gasteiger partial charge in [0.15, 0.2) is 0 Å². The monoisotopic (exact) mass is 336 g/mol. The molecule has 1 aromatic heterocycles. The van der Waals surface area contributed by atoms with Gasteiger partial charge in [0.25, 0.3) is 0 Å². The van der Waals surface area contributed by atoms with Crippen molar-refractivity contribution < 1.29 is 8.42 Å². The second-order valence-electron chi connectivity index (χ2n) is 6.88. The quantitative estimate of drug-likeness (QED) is 0.900. The molecule has 1 N–H and O–H groups in total. The van der Waals surface area contributed by atoms with Gasteiger partial charge in [-0.2, -0.15) is 4.31 Å². The van der Waals surface area contributed by atoms with Crippen molar-refractivity contribution in [1.29, 1.82) is 0 Å². The molecule has 5 heterocycles. The van der Waals surface area contributed by atoms with Crippen LogP contribution in [0, 0.1) is 5.92 Å². The first-order valence-electron chi connectivity index (χ1n) is 8.58. The average Bonchev–Trinajstić information content (AvgIpc) is 3.12. The normalized spacial score (nSPS) is 31.4. The van der Waals surface area contributed by atoms with E-state index in [1.165, 1.54) is 32.1 Å². The van der Waals surface area contributed by atoms with Gasteiger partial charge in [-0.1, -0.05) is 0 Å². The molecule has 5 rings (SSSR count). The van der Waals surface area contributed by atoms with E-state index in [0.717, 1.165) is 31.1 Å². The molecule has 0 aliphatic carbocycles. The number of nitrogens with zero attached hydrogens (tertiary/aromatic N) is 3. The second kappa shape index (κ2) is 6.03. The Morgan fingerprint density at radius 1 is 1.09 bits per heavy atom. The largest absolute Gasteiger partial charge is 0.366 e. The maximum atomic E-state index is 12.5. The van der Waals surface area contributed by atoms with Crippen LogP contribution < -0.4 is 5.32 Å². The first kappa shape index (κ1) is 15.4. The molecule has 23 heavy (non-hydrogen) atoms. The van der Waals surface area contributed by atoms with Gasteiger partial charge in [0, 0.05) is 31.9 Å². The minimum atomic E-state index is -3.36. The van der Waals surface area contributed by atoms with Crippen LogP contribution in [-0.4, -0.2) is 61.4 Å². The summed E-state index contributed by atoms with van der Waals surface area (Å²) in [7, 11) is -3.36. The Kier molecular flexibility index (Phi) is 4.03. The van der Waals surface area contributed by atoms with E-state index in [0.29, 0.717) is 24.0 Å². The van der Waals surface area contributed by atoms with Crippen LogP contribution in [0.2, 0.25) is 0 Å². The first-order chi connectivity index (χ1) is 11.1. The van der Waals surface area contributed by atoms with Gasteiger partial charge in [0.05, 0.1) is 0 Å². The van der Waals surface area contributed by atoms with Crippen molar-refractivity contribution in [2.45, 2.75) is 36.6 Å². The van der Waals surface area contributed by atoms with Crippen LogP contribution >= 0.6 is 0 Å². The summed E-state index contributed by atoms with van der Waals surface area (Å²) in [4.78, 5) is 7.15. The Bertz CT molecular complexity index is 647. The second-order valence-corrected chi connectivity index (χ2v) is 8.82. The zero-order chi connectivity index (χ0) is 15.9. The van der Waals surface area contributed by atoms with E-state index in [4.69, 9.17) is 0 Å². The van der Waals surface area contributed by atoms with Crippen molar-refractivity contribution in [3.05, 3.63) is 18.3 Å². The molecule has 7 heteroatoms. The van der Waals surface area contributed by atoms with Crippen molar-refractivity contribution in [3.63, 3.8) is 0 Å². The molecule has 0 radical (unpaired) electrons. The number of piperidine rings is 3. The molecule has 1 aromatic rings. The van der Waals surface area contributed by atoms with Gasteiger partial charge in [-0.05, 0) is 56.8 Å². The third-order valence-corrected chi connectivity index (χ3v) is 7.31. The van der Waals surface area contributed by atoms with Crippen molar-refractivity contribution in [2.75, 3.05) is 38.0 Å². The summed E-state index contributed by atoms with van der Waals surface area (Å²) in [5, 5.41) is 3.50. The predicted octanol–water partition coefficient (Wildman–Crippen LogP) is 1.37. The molecule has 126 valence electrons. The molecular formula is C16H24N4O2S. The standard InChI is InChI=1S/C16H24N4O2S/c21-23(22,20-7-1-2-8-20)14-3-4-16(17-11-14)18-15-12-19-9-5-13(15)6-10-19/h3-4,11,13,15H,1-2,5-10,12H2,(H,17,18)/t15-/m0/s1. The van der Waals surface area contributed by atoms with Gasteiger partial charge in [-0.15, -0.1) is 0 Å². The van der Waals surface area contributed by atoms with Crippen LogP contribution in [0.15, 0.2) is 23.2 Å². The van der Waals surface area contributed by atoms with Gasteiger partial charge in [-0.25, -0.2) is 13.4 Å². The Morgan fingerprint density at radius 2 is 1.83 bits per heavy atom. The molecule has 0 amide bonds. The molecule has 4 aliphatic heterocycles. The molecule has 2 bridgehead atoms. The van der Waals surface area contributed by atoms with Gasteiger partial charge >= 0.3 is 0 Å². The van der Waals surface area contributed by atoms with E-state index in [1.807, 2.05) is 0 Å². The molecular weight excluding hydrogens is 312 g/mol. The molecule has 6 nitrogen and oxygen atoms in total. The lowest BCUT2D eigenvalue weighted by molar-refractivity contribution is 0.0974. The molecule has 4 fully saturated rings. The molecule has 0 saturated carbocycles. The zero-order valence-electron chi connectivity index (χ0n) is 13.3. The molecule has 4 aliphatic rings. The van der Waals surface area contributed by atoms with Crippen LogP contribution in [-0.2, 0) is 10.0 Å². The number of fused-ring (bicyclic) bond motifs is 3. The maximum absolute atomic E-state index is 12.5. The van der Waals surface area contributed by atoms with E-state index < -0.39 is 10.0 Å². The third-order valence-electron chi connectivity index (χ3n) is 5.43. The number of anilines is 1. The molecule has 0 unspecified atom stereocenters. The van der Waals surface area contributed by atoms with E-state index in [2.05, 4.69) is 15.2 Å². The summed E-state index contributed by atoms with van der Waals surface area (Å²) in [6.07, 6.45) is 5.90. The summed E-state index contributed by atoms with van der Waals surface area (Å²) in [5.41, 5.74) is 0. The number of nitrogens with one attached hydrogen (secondary N) is 1. The first-order valence-corrected chi connectivity index (χ1v) is 10.0. The number of rotatable bonds is 4. The van der Waals surface area contributed by atoms with Crippen LogP contribution in [0.1, 0.15) is 25.7 Å². The van der Waals surface area contributed by atoms with Crippen LogP contribution in [0.25, 0.3) is 0 Å². The maximum Gasteiger partial charge on any atom is 0.244 e. The molecule has 4 saturated heterocycles. The summed E-state index contributed by atoms with van der Waals surface area (Å²) < 4.78 is 26.6. The van der Waals surface area contributed by atoms with Crippen molar-refractivity contribution in [2.24, 2.45) is 5.92 Å². The van der Waals surface area contributed by atoms with E-state index in [-0.39, 0.29) is 0 Å². The van der Waals surface area contributed by atoms with Crippen molar-refractivity contribution in [3.8, 4) is 0 Å². The third kappa shape index (κ3) is 2.97. The fraction of sp³-hybridized carbons (Fsp3) is 0.688. The summed E-state index contributed by atoms with van der Waals surface area (Å²) >= 11 is 0. The lowest BCUT2D eigenvalue weighted by Gasteiger charge is -2.45. The van der Waals surface area contributed by atoms with E-state index in [1.54, 1.807) is 16.4 Å². The lowest BCUT2D eigenvalue weighted by Crippen LogP contribution is -2.53. The van der Waals surface area contributed by atoms with Crippen molar-refractivity contribution >= 4 is 15.8 Å². The summed E-state index contributed by atoms with van der Waals surface area (Å²) in [6, 6.07) is 3.93. The Labute approximate surface area is 137 Å². The average molecular weight is 336 g/mol. The van der Waals surface area contributed by atoms with E-state index >= 15 is 0 Å². The van der Waals surface area contributed by atoms with Crippen LogP contribution in [0.5, 0.6) is 0 Å². The number of hydrogen-bond donors (Lipinski definition) is 1. The smallest absolute Gasteiger partial charge is 0.244 e. The van der Waals surface area contributed by atoms with Gasteiger partial charge in [-0.3, -0.25) is 0 Å². The van der Waals surface area contributed by atoms with Gasteiger partial charge in [0.1, 0.15) is 10.7 Å². The van der Waals surface area contributed by atoms with E-state index in [9.17, 15) is 8.42 Å². The number of sulfonamides is 1. The number of pyridine rings is 1. The molecule has 0 spiro atoms. The highest BCUT2D eigenvalue weighted by Crippen LogP contribution is 2.29. The fourth-order valence-corrected chi connectivity index (χ4v) is 5.48. The predicted molar refractivity (Wildman–Crippen MR) is 88.8 cm³/mol. The Hall–Kier alpha value is -1.18. The SMILES string of the molecule is O=S(=O)(c1ccc(N[C@H]2CN3CCC2CC3)nc1)N1CCCC1. The topological polar surface area (TPSA) is 65.5 Å². The number of aromatic nitrogens is 1. The highest BCUT2D eigenvalue weighted by Gasteiger charge is 2.34. The fourth-order valence-electron chi connectivity index (χ4n) is 4.01. The van der Waals surface area contributed by atoms with Gasteiger partial charge in [0.2, 0.25) is 10.0 Å². The summed E-state index contributed by atoms with van der Waals surface area (Å²) in [5.74, 6) is 1.50. The minimum absolute atomic E-state index is 0.305. The summed E-state index contributed by atoms with van der Waals surface area (Å²) in [6.45, 7) is 4.75. The number of hydrogen-bond acceptors (Lipinski definition) is 5. The highest BCUT2D eigenvalue weighted by molar-refractivity contribution is 7.89. The zero-order valence-corrected chi connectivity index (χ0v) is 14.1. The van der Waals surface area contributed by atoms with Gasteiger partial charge < -0.3 is 10.2 Å². The Balaban J connectivity index is 1.46.